The lowest BCUT2D eigenvalue weighted by Gasteiger charge is -2.24. The molecule has 0 aromatic carbocycles. The molecule has 0 radical (unpaired) electrons. The zero-order chi connectivity index (χ0) is 8.10. The highest BCUT2D eigenvalue weighted by Crippen LogP contribution is 2.22. The minimum Gasteiger partial charge on any atom is -0.498 e. The maximum atomic E-state index is 5.56. The fourth-order valence-electron chi connectivity index (χ4n) is 1.12. The van der Waals surface area contributed by atoms with Crippen LogP contribution in [-0.2, 0) is 4.74 Å². The van der Waals surface area contributed by atoms with Crippen molar-refractivity contribution in [3.8, 4) is 0 Å². The van der Waals surface area contributed by atoms with E-state index in [1.165, 1.54) is 24.8 Å². The Morgan fingerprint density at radius 2 is 2.00 bits per heavy atom. The van der Waals surface area contributed by atoms with Gasteiger partial charge >= 0.3 is 0 Å². The van der Waals surface area contributed by atoms with Crippen LogP contribution in [0.4, 0.5) is 0 Å². The van der Waals surface area contributed by atoms with Gasteiger partial charge in [-0.3, -0.25) is 0 Å². The highest BCUT2D eigenvalue weighted by Gasteiger charge is 2.17. The van der Waals surface area contributed by atoms with Crippen LogP contribution >= 0.6 is 0 Å². The molecule has 1 rings (SSSR count). The first-order valence-electron chi connectivity index (χ1n) is 4.70. The van der Waals surface area contributed by atoms with Gasteiger partial charge in [0, 0.05) is 0 Å². The summed E-state index contributed by atoms with van der Waals surface area (Å²) in [6.07, 6.45) is 8.65. The fraction of sp³-hybridized carbons (Fsp3) is 0.800. The van der Waals surface area contributed by atoms with E-state index in [9.17, 15) is 0 Å². The standard InChI is InChI=1S/C10H18O/c1-3-9(4-2)8-11-10-6-5-7-10/h8,10H,3-7H2,1-2H3. The summed E-state index contributed by atoms with van der Waals surface area (Å²) in [7, 11) is 0. The summed E-state index contributed by atoms with van der Waals surface area (Å²) < 4.78 is 5.56. The summed E-state index contributed by atoms with van der Waals surface area (Å²) in [4.78, 5) is 0. The topological polar surface area (TPSA) is 9.23 Å². The first kappa shape index (κ1) is 8.63. The van der Waals surface area contributed by atoms with E-state index in [0.29, 0.717) is 6.10 Å². The molecule has 0 atom stereocenters. The zero-order valence-corrected chi connectivity index (χ0v) is 7.60. The molecule has 0 unspecified atom stereocenters. The Kier molecular flexibility index (Phi) is 3.47. The van der Waals surface area contributed by atoms with Crippen LogP contribution in [0.25, 0.3) is 0 Å². The van der Waals surface area contributed by atoms with Crippen LogP contribution in [0.2, 0.25) is 0 Å². The van der Waals surface area contributed by atoms with Crippen molar-refractivity contribution < 1.29 is 4.74 Å². The Hall–Kier alpha value is -0.460. The normalized spacial score (nSPS) is 17.3. The minimum atomic E-state index is 0.545. The molecule has 11 heavy (non-hydrogen) atoms. The van der Waals surface area contributed by atoms with Crippen molar-refractivity contribution in [2.75, 3.05) is 0 Å². The lowest BCUT2D eigenvalue weighted by Crippen LogP contribution is -2.19. The molecule has 1 fully saturated rings. The van der Waals surface area contributed by atoms with Gasteiger partial charge in [-0.05, 0) is 37.7 Å². The predicted octanol–water partition coefficient (Wildman–Crippen LogP) is 3.26. The smallest absolute Gasteiger partial charge is 0.0978 e. The third-order valence-electron chi connectivity index (χ3n) is 2.39. The second-order valence-corrected chi connectivity index (χ2v) is 3.17. The Labute approximate surface area is 69.4 Å². The lowest BCUT2D eigenvalue weighted by molar-refractivity contribution is 0.0719. The second kappa shape index (κ2) is 4.42. The largest absolute Gasteiger partial charge is 0.498 e. The number of rotatable bonds is 4. The van der Waals surface area contributed by atoms with Crippen molar-refractivity contribution >= 4 is 0 Å². The third kappa shape index (κ3) is 2.57. The van der Waals surface area contributed by atoms with Gasteiger partial charge in [0.1, 0.15) is 0 Å². The Bertz CT molecular complexity index is 128. The molecule has 0 aromatic heterocycles. The minimum absolute atomic E-state index is 0.545. The molecule has 1 aliphatic carbocycles. The average molecular weight is 154 g/mol. The van der Waals surface area contributed by atoms with Crippen LogP contribution in [0, 0.1) is 0 Å². The first-order chi connectivity index (χ1) is 5.36. The molecular formula is C10H18O. The van der Waals surface area contributed by atoms with Crippen molar-refractivity contribution in [1.29, 1.82) is 0 Å². The maximum Gasteiger partial charge on any atom is 0.0978 e. The molecule has 0 bridgehead atoms. The summed E-state index contributed by atoms with van der Waals surface area (Å²) in [5, 5.41) is 0. The van der Waals surface area contributed by atoms with Crippen LogP contribution in [0.3, 0.4) is 0 Å². The number of hydrogen-bond donors (Lipinski definition) is 0. The number of ether oxygens (including phenoxy) is 1. The van der Waals surface area contributed by atoms with Crippen molar-refractivity contribution in [2.45, 2.75) is 52.1 Å². The quantitative estimate of drug-likeness (QED) is 0.565. The van der Waals surface area contributed by atoms with Gasteiger partial charge in [-0.1, -0.05) is 13.8 Å². The SMILES string of the molecule is CCC(=COC1CCC1)CC. The first-order valence-corrected chi connectivity index (χ1v) is 4.70. The molecule has 1 heteroatoms. The van der Waals surface area contributed by atoms with E-state index in [0.717, 1.165) is 12.8 Å². The van der Waals surface area contributed by atoms with Crippen molar-refractivity contribution in [2.24, 2.45) is 0 Å². The maximum absolute atomic E-state index is 5.56. The van der Waals surface area contributed by atoms with Gasteiger partial charge in [-0.2, -0.15) is 0 Å². The van der Waals surface area contributed by atoms with Crippen LogP contribution < -0.4 is 0 Å². The van der Waals surface area contributed by atoms with E-state index in [4.69, 9.17) is 4.74 Å². The summed E-state index contributed by atoms with van der Waals surface area (Å²) in [5.41, 5.74) is 1.43. The van der Waals surface area contributed by atoms with Gasteiger partial charge in [-0.15, -0.1) is 0 Å². The Morgan fingerprint density at radius 3 is 2.36 bits per heavy atom. The average Bonchev–Trinajstić information content (AvgIpc) is 1.95. The van der Waals surface area contributed by atoms with E-state index in [-0.39, 0.29) is 0 Å². The summed E-state index contributed by atoms with van der Waals surface area (Å²) in [6, 6.07) is 0. The van der Waals surface area contributed by atoms with Crippen molar-refractivity contribution in [3.63, 3.8) is 0 Å². The predicted molar refractivity (Wildman–Crippen MR) is 47.4 cm³/mol. The van der Waals surface area contributed by atoms with E-state index in [1.807, 2.05) is 6.26 Å². The zero-order valence-electron chi connectivity index (χ0n) is 7.60. The third-order valence-corrected chi connectivity index (χ3v) is 2.39. The highest BCUT2D eigenvalue weighted by atomic mass is 16.5. The van der Waals surface area contributed by atoms with Crippen molar-refractivity contribution in [1.82, 2.24) is 0 Å². The molecular weight excluding hydrogens is 136 g/mol. The molecule has 0 N–H and O–H groups in total. The van der Waals surface area contributed by atoms with Crippen LogP contribution in [0.1, 0.15) is 46.0 Å². The van der Waals surface area contributed by atoms with E-state index >= 15 is 0 Å². The molecule has 0 heterocycles. The van der Waals surface area contributed by atoms with E-state index in [2.05, 4.69) is 13.8 Å². The highest BCUT2D eigenvalue weighted by molar-refractivity contribution is 4.96. The summed E-state index contributed by atoms with van der Waals surface area (Å²) in [5.74, 6) is 0. The molecule has 1 aliphatic rings. The van der Waals surface area contributed by atoms with Crippen molar-refractivity contribution in [3.05, 3.63) is 11.8 Å². The van der Waals surface area contributed by atoms with Gasteiger partial charge in [0.15, 0.2) is 0 Å². The lowest BCUT2D eigenvalue weighted by atomic mass is 9.96. The molecule has 1 saturated carbocycles. The molecule has 64 valence electrons. The van der Waals surface area contributed by atoms with Crippen LogP contribution in [0.5, 0.6) is 0 Å². The van der Waals surface area contributed by atoms with Gasteiger partial charge in [-0.25, -0.2) is 0 Å². The molecule has 1 nitrogen and oxygen atoms in total. The molecule has 0 saturated heterocycles. The van der Waals surface area contributed by atoms with Gasteiger partial charge in [0.2, 0.25) is 0 Å². The van der Waals surface area contributed by atoms with Gasteiger partial charge < -0.3 is 4.74 Å². The number of allylic oxidation sites excluding steroid dienone is 1. The Balaban J connectivity index is 2.19. The van der Waals surface area contributed by atoms with Crippen LogP contribution in [-0.4, -0.2) is 6.10 Å². The van der Waals surface area contributed by atoms with E-state index in [1.54, 1.807) is 0 Å². The molecule has 0 aromatic rings. The summed E-state index contributed by atoms with van der Waals surface area (Å²) in [6.45, 7) is 4.36. The second-order valence-electron chi connectivity index (χ2n) is 3.17. The fourth-order valence-corrected chi connectivity index (χ4v) is 1.12. The monoisotopic (exact) mass is 154 g/mol. The molecule has 0 amide bonds. The summed E-state index contributed by atoms with van der Waals surface area (Å²) >= 11 is 0. The Morgan fingerprint density at radius 1 is 1.36 bits per heavy atom. The van der Waals surface area contributed by atoms with Gasteiger partial charge in [0.25, 0.3) is 0 Å². The molecule has 0 aliphatic heterocycles. The molecule has 0 spiro atoms. The number of hydrogen-bond acceptors (Lipinski definition) is 1. The van der Waals surface area contributed by atoms with Crippen LogP contribution in [0.15, 0.2) is 11.8 Å². The van der Waals surface area contributed by atoms with Gasteiger partial charge in [0.05, 0.1) is 12.4 Å². The van der Waals surface area contributed by atoms with E-state index < -0.39 is 0 Å².